The van der Waals surface area contributed by atoms with E-state index in [0.717, 1.165) is 0 Å². The fourth-order valence-corrected chi connectivity index (χ4v) is 4.04. The highest BCUT2D eigenvalue weighted by Gasteiger charge is 2.42. The first-order valence-corrected chi connectivity index (χ1v) is 8.14. The van der Waals surface area contributed by atoms with E-state index in [9.17, 15) is 18.9 Å². The second-order valence-electron chi connectivity index (χ2n) is 4.63. The van der Waals surface area contributed by atoms with Crippen molar-refractivity contribution in [1.29, 1.82) is 0 Å². The Labute approximate surface area is 101 Å². The van der Waals surface area contributed by atoms with Crippen LogP contribution in [0.1, 0.15) is 20.8 Å². The third-order valence-corrected chi connectivity index (χ3v) is 6.57. The van der Waals surface area contributed by atoms with Crippen molar-refractivity contribution >= 4 is 20.5 Å². The summed E-state index contributed by atoms with van der Waals surface area (Å²) in [6.45, 7) is 4.41. The minimum atomic E-state index is -4.28. The van der Waals surface area contributed by atoms with E-state index >= 15 is 0 Å². The molecular formula is C10H16O5P2. The lowest BCUT2D eigenvalue weighted by molar-refractivity contribution is 0.320. The fraction of sp³-hybridized carbons (Fsp3) is 0.400. The van der Waals surface area contributed by atoms with E-state index in [1.807, 2.05) is 0 Å². The summed E-state index contributed by atoms with van der Waals surface area (Å²) in [7, 11) is -8.45. The zero-order valence-electron chi connectivity index (χ0n) is 9.90. The van der Waals surface area contributed by atoms with Gasteiger partial charge in [0.05, 0.1) is 10.5 Å². The molecule has 1 rings (SSSR count). The van der Waals surface area contributed by atoms with Crippen LogP contribution in [0.25, 0.3) is 0 Å². The maximum Gasteiger partial charge on any atom is 0.365 e. The molecule has 0 aromatic heterocycles. The van der Waals surface area contributed by atoms with E-state index in [4.69, 9.17) is 0 Å². The quantitative estimate of drug-likeness (QED) is 0.830. The van der Waals surface area contributed by atoms with Gasteiger partial charge >= 0.3 is 15.2 Å². The first-order chi connectivity index (χ1) is 7.56. The summed E-state index contributed by atoms with van der Waals surface area (Å²) >= 11 is 0. The second-order valence-corrected chi connectivity index (χ2v) is 9.22. The summed E-state index contributed by atoms with van der Waals surface area (Å²) < 4.78 is 28.3. The van der Waals surface area contributed by atoms with Crippen molar-refractivity contribution in [3.8, 4) is 0 Å². The SMILES string of the molecule is CC(C)(C)P(=O)(O)OP(=O)(O)c1ccccc1. The molecule has 1 aromatic carbocycles. The van der Waals surface area contributed by atoms with E-state index < -0.39 is 20.3 Å². The third-order valence-electron chi connectivity index (χ3n) is 2.15. The Morgan fingerprint density at radius 1 is 1.06 bits per heavy atom. The topological polar surface area (TPSA) is 83.8 Å². The highest BCUT2D eigenvalue weighted by atomic mass is 31.3. The van der Waals surface area contributed by atoms with Crippen LogP contribution in [-0.4, -0.2) is 14.9 Å². The minimum absolute atomic E-state index is 0.00137. The molecule has 0 amide bonds. The van der Waals surface area contributed by atoms with Crippen LogP contribution in [0.15, 0.2) is 30.3 Å². The Bertz CT molecular complexity index is 477. The monoisotopic (exact) mass is 278 g/mol. The predicted octanol–water partition coefficient (Wildman–Crippen LogP) is 2.50. The lowest BCUT2D eigenvalue weighted by Crippen LogP contribution is -2.17. The molecule has 2 atom stereocenters. The fourth-order valence-electron chi connectivity index (χ4n) is 0.936. The smallest absolute Gasteiger partial charge is 0.324 e. The standard InChI is InChI=1S/C10H16O5P2/c1-10(2,3)17(13,14)15-16(11,12)9-7-5-4-6-8-9/h4-8H,1-3H3,(H,11,12)(H,13,14). The minimum Gasteiger partial charge on any atom is -0.324 e. The second kappa shape index (κ2) is 4.68. The third kappa shape index (κ3) is 3.51. The van der Waals surface area contributed by atoms with Crippen LogP contribution in [0, 0.1) is 0 Å². The number of rotatable bonds is 3. The lowest BCUT2D eigenvalue weighted by atomic mass is 10.3. The van der Waals surface area contributed by atoms with Gasteiger partial charge in [-0.1, -0.05) is 18.2 Å². The molecule has 17 heavy (non-hydrogen) atoms. The Hall–Kier alpha value is -0.440. The molecular weight excluding hydrogens is 262 g/mol. The first-order valence-electron chi connectivity index (χ1n) is 4.99. The molecule has 2 N–H and O–H groups in total. The zero-order chi connectivity index (χ0) is 13.3. The van der Waals surface area contributed by atoms with Crippen molar-refractivity contribution in [1.82, 2.24) is 0 Å². The van der Waals surface area contributed by atoms with Crippen molar-refractivity contribution in [3.05, 3.63) is 30.3 Å². The molecule has 0 aliphatic rings. The number of hydrogen-bond donors (Lipinski definition) is 2. The van der Waals surface area contributed by atoms with Crippen LogP contribution in [-0.2, 0) is 13.4 Å². The van der Waals surface area contributed by atoms with Gasteiger partial charge in [0, 0.05) is 0 Å². The predicted molar refractivity (Wildman–Crippen MR) is 66.6 cm³/mol. The molecule has 0 bridgehead atoms. The van der Waals surface area contributed by atoms with Crippen LogP contribution in [0.5, 0.6) is 0 Å². The Morgan fingerprint density at radius 2 is 1.53 bits per heavy atom. The van der Waals surface area contributed by atoms with E-state index in [1.54, 1.807) is 18.2 Å². The molecule has 96 valence electrons. The van der Waals surface area contributed by atoms with Crippen molar-refractivity contribution in [3.63, 3.8) is 0 Å². The molecule has 7 heteroatoms. The molecule has 1 aromatic rings. The summed E-state index contributed by atoms with van der Waals surface area (Å²) in [6.07, 6.45) is 0. The molecule has 0 saturated carbocycles. The van der Waals surface area contributed by atoms with Gasteiger partial charge in [0.2, 0.25) is 0 Å². The van der Waals surface area contributed by atoms with Crippen LogP contribution < -0.4 is 5.30 Å². The average Bonchev–Trinajstić information content (AvgIpc) is 2.15. The average molecular weight is 278 g/mol. The Morgan fingerprint density at radius 3 is 1.94 bits per heavy atom. The molecule has 0 radical (unpaired) electrons. The van der Waals surface area contributed by atoms with E-state index in [-0.39, 0.29) is 5.30 Å². The summed E-state index contributed by atoms with van der Waals surface area (Å²) in [5.74, 6) is 0. The van der Waals surface area contributed by atoms with Crippen LogP contribution in [0.3, 0.4) is 0 Å². The van der Waals surface area contributed by atoms with E-state index in [0.29, 0.717) is 0 Å². The van der Waals surface area contributed by atoms with Crippen molar-refractivity contribution in [2.45, 2.75) is 25.9 Å². The molecule has 0 heterocycles. The van der Waals surface area contributed by atoms with Crippen LogP contribution in [0.4, 0.5) is 0 Å². The van der Waals surface area contributed by atoms with Gasteiger partial charge in [-0.15, -0.1) is 0 Å². The summed E-state index contributed by atoms with van der Waals surface area (Å²) in [5.41, 5.74) is 0. The highest BCUT2D eigenvalue weighted by molar-refractivity contribution is 7.71. The highest BCUT2D eigenvalue weighted by Crippen LogP contribution is 2.65. The van der Waals surface area contributed by atoms with Crippen LogP contribution >= 0.6 is 15.2 Å². The molecule has 0 aliphatic carbocycles. The van der Waals surface area contributed by atoms with Gasteiger partial charge in [0.1, 0.15) is 0 Å². The van der Waals surface area contributed by atoms with Crippen molar-refractivity contribution in [2.75, 3.05) is 0 Å². The van der Waals surface area contributed by atoms with Gasteiger partial charge in [-0.05, 0) is 32.9 Å². The van der Waals surface area contributed by atoms with Gasteiger partial charge < -0.3 is 9.79 Å². The molecule has 0 fully saturated rings. The molecule has 5 nitrogen and oxygen atoms in total. The maximum atomic E-state index is 11.9. The summed E-state index contributed by atoms with van der Waals surface area (Å²) in [6, 6.07) is 7.54. The van der Waals surface area contributed by atoms with Crippen molar-refractivity contribution in [2.24, 2.45) is 0 Å². The number of hydrogen-bond acceptors (Lipinski definition) is 3. The van der Waals surface area contributed by atoms with Crippen molar-refractivity contribution < 1.29 is 23.2 Å². The molecule has 2 unspecified atom stereocenters. The Kier molecular flexibility index (Phi) is 4.02. The summed E-state index contributed by atoms with van der Waals surface area (Å²) in [5, 5.41) is -1.11. The first kappa shape index (κ1) is 14.6. The Balaban J connectivity index is 3.04. The van der Waals surface area contributed by atoms with Crippen LogP contribution in [0.2, 0.25) is 0 Å². The zero-order valence-corrected chi connectivity index (χ0v) is 11.7. The molecule has 0 spiro atoms. The van der Waals surface area contributed by atoms with Gasteiger partial charge in [0.15, 0.2) is 0 Å². The normalized spacial score (nSPS) is 19.4. The largest absolute Gasteiger partial charge is 0.365 e. The van der Waals surface area contributed by atoms with Gasteiger partial charge in [0.25, 0.3) is 0 Å². The molecule has 0 aliphatic heterocycles. The van der Waals surface area contributed by atoms with E-state index in [1.165, 1.54) is 32.9 Å². The number of benzene rings is 1. The molecule has 0 saturated heterocycles. The maximum absolute atomic E-state index is 11.9. The summed E-state index contributed by atoms with van der Waals surface area (Å²) in [4.78, 5) is 19.3. The van der Waals surface area contributed by atoms with E-state index in [2.05, 4.69) is 4.31 Å². The van der Waals surface area contributed by atoms with Gasteiger partial charge in [-0.3, -0.25) is 9.13 Å². The lowest BCUT2D eigenvalue weighted by Gasteiger charge is -2.26. The van der Waals surface area contributed by atoms with Gasteiger partial charge in [-0.25, -0.2) is 4.31 Å². The van der Waals surface area contributed by atoms with Gasteiger partial charge in [-0.2, -0.15) is 0 Å².